The highest BCUT2D eigenvalue weighted by Crippen LogP contribution is 2.13. The van der Waals surface area contributed by atoms with Crippen LogP contribution in [0, 0.1) is 17.8 Å². The molecule has 0 heterocycles. The van der Waals surface area contributed by atoms with E-state index in [4.69, 9.17) is 0 Å². The van der Waals surface area contributed by atoms with Gasteiger partial charge in [-0.25, -0.2) is 0 Å². The topological polar surface area (TPSA) is 24.7 Å². The van der Waals surface area contributed by atoms with Crippen molar-refractivity contribution in [2.75, 3.05) is 19.6 Å². The van der Waals surface area contributed by atoms with Gasteiger partial charge < -0.3 is 10.0 Å². The molecule has 0 aliphatic heterocycles. The molecule has 0 radical (unpaired) electrons. The average molecular weight is 198 g/mol. The Labute approximate surface area is 88.3 Å². The Kier molecular flexibility index (Phi) is 5.83. The lowest BCUT2D eigenvalue weighted by atomic mass is 9.93. The fraction of sp³-hybridized carbons (Fsp3) is 0.833. The second-order valence-corrected chi connectivity index (χ2v) is 4.24. The van der Waals surface area contributed by atoms with Crippen molar-refractivity contribution in [3.8, 4) is 11.8 Å². The van der Waals surface area contributed by atoms with Gasteiger partial charge in [0.2, 0.25) is 0 Å². The van der Waals surface area contributed by atoms with Gasteiger partial charge in [0.1, 0.15) is 12.1 Å². The molecule has 2 nitrogen and oxygen atoms in total. The van der Waals surface area contributed by atoms with Crippen LogP contribution in [-0.2, 0) is 0 Å². The minimum absolute atomic E-state index is 0.182. The van der Waals surface area contributed by atoms with Gasteiger partial charge in [-0.3, -0.25) is 0 Å². The average Bonchev–Trinajstić information content (AvgIpc) is 2.12. The SMILES string of the molecule is CC[NH+](CC)CC#C[C@](C)(O)C(C)C. The molecule has 0 aliphatic rings. The number of nitrogens with one attached hydrogen (secondary N) is 1. The van der Waals surface area contributed by atoms with Crippen LogP contribution in [0.2, 0.25) is 0 Å². The molecule has 0 bridgehead atoms. The minimum Gasteiger partial charge on any atom is -0.378 e. The fourth-order valence-corrected chi connectivity index (χ4v) is 0.992. The lowest BCUT2D eigenvalue weighted by Gasteiger charge is -2.20. The molecule has 0 spiro atoms. The summed E-state index contributed by atoms with van der Waals surface area (Å²) >= 11 is 0. The summed E-state index contributed by atoms with van der Waals surface area (Å²) in [6.07, 6.45) is 0. The Bertz CT molecular complexity index is 206. The summed E-state index contributed by atoms with van der Waals surface area (Å²) < 4.78 is 0. The molecule has 0 saturated carbocycles. The van der Waals surface area contributed by atoms with Gasteiger partial charge in [-0.2, -0.15) is 0 Å². The Hall–Kier alpha value is -0.520. The first-order valence-corrected chi connectivity index (χ1v) is 5.50. The molecular formula is C12H24NO+. The van der Waals surface area contributed by atoms with Gasteiger partial charge in [0.15, 0.2) is 0 Å². The molecule has 0 fully saturated rings. The highest BCUT2D eigenvalue weighted by atomic mass is 16.3. The highest BCUT2D eigenvalue weighted by molar-refractivity contribution is 5.13. The van der Waals surface area contributed by atoms with Crippen molar-refractivity contribution < 1.29 is 10.0 Å². The van der Waals surface area contributed by atoms with Crippen LogP contribution in [0.15, 0.2) is 0 Å². The largest absolute Gasteiger partial charge is 0.378 e. The molecule has 1 atom stereocenters. The standard InChI is InChI=1S/C12H23NO/c1-6-13(7-2)10-8-9-12(5,14)11(3)4/h11,14H,6-7,10H2,1-5H3/p+1/t12-/m0/s1. The number of hydrogen-bond acceptors (Lipinski definition) is 1. The van der Waals surface area contributed by atoms with Gasteiger partial charge in [0.25, 0.3) is 0 Å². The summed E-state index contributed by atoms with van der Waals surface area (Å²) in [4.78, 5) is 1.46. The summed E-state index contributed by atoms with van der Waals surface area (Å²) in [6, 6.07) is 0. The van der Waals surface area contributed by atoms with E-state index < -0.39 is 5.60 Å². The maximum atomic E-state index is 9.87. The van der Waals surface area contributed by atoms with E-state index in [9.17, 15) is 5.11 Å². The first kappa shape index (κ1) is 13.5. The van der Waals surface area contributed by atoms with Crippen molar-refractivity contribution in [2.24, 2.45) is 5.92 Å². The minimum atomic E-state index is -0.841. The highest BCUT2D eigenvalue weighted by Gasteiger charge is 2.21. The van der Waals surface area contributed by atoms with Crippen molar-refractivity contribution in [1.82, 2.24) is 0 Å². The smallest absolute Gasteiger partial charge is 0.139 e. The zero-order valence-electron chi connectivity index (χ0n) is 10.1. The maximum absolute atomic E-state index is 9.87. The van der Waals surface area contributed by atoms with Crippen LogP contribution < -0.4 is 4.90 Å². The Morgan fingerprint density at radius 1 is 1.29 bits per heavy atom. The van der Waals surface area contributed by atoms with E-state index in [1.54, 1.807) is 6.92 Å². The summed E-state index contributed by atoms with van der Waals surface area (Å²) in [5, 5.41) is 9.87. The van der Waals surface area contributed by atoms with Crippen LogP contribution in [0.5, 0.6) is 0 Å². The third-order valence-electron chi connectivity index (χ3n) is 2.80. The van der Waals surface area contributed by atoms with E-state index >= 15 is 0 Å². The van der Waals surface area contributed by atoms with Crippen LogP contribution in [0.25, 0.3) is 0 Å². The molecule has 2 N–H and O–H groups in total. The molecule has 0 aromatic heterocycles. The van der Waals surface area contributed by atoms with Crippen LogP contribution >= 0.6 is 0 Å². The molecule has 0 aromatic carbocycles. The third-order valence-corrected chi connectivity index (χ3v) is 2.80. The van der Waals surface area contributed by atoms with Crippen molar-refractivity contribution in [3.63, 3.8) is 0 Å². The van der Waals surface area contributed by atoms with E-state index in [-0.39, 0.29) is 5.92 Å². The molecule has 0 aromatic rings. The third kappa shape index (κ3) is 4.64. The first-order chi connectivity index (χ1) is 6.44. The van der Waals surface area contributed by atoms with E-state index in [2.05, 4.69) is 25.7 Å². The van der Waals surface area contributed by atoms with E-state index in [0.717, 1.165) is 19.6 Å². The summed E-state index contributed by atoms with van der Waals surface area (Å²) in [5.41, 5.74) is -0.841. The second-order valence-electron chi connectivity index (χ2n) is 4.24. The normalized spacial score (nSPS) is 15.1. The molecule has 2 heteroatoms. The molecule has 0 rings (SSSR count). The van der Waals surface area contributed by atoms with Crippen molar-refractivity contribution in [2.45, 2.75) is 40.2 Å². The van der Waals surface area contributed by atoms with Gasteiger partial charge in [0.05, 0.1) is 13.1 Å². The van der Waals surface area contributed by atoms with E-state index in [1.165, 1.54) is 4.90 Å². The van der Waals surface area contributed by atoms with Crippen molar-refractivity contribution >= 4 is 0 Å². The summed E-state index contributed by atoms with van der Waals surface area (Å²) in [7, 11) is 0. The van der Waals surface area contributed by atoms with Crippen LogP contribution in [-0.4, -0.2) is 30.3 Å². The zero-order chi connectivity index (χ0) is 11.2. The predicted octanol–water partition coefficient (Wildman–Crippen LogP) is 0.321. The second kappa shape index (κ2) is 6.06. The molecule has 82 valence electrons. The first-order valence-electron chi connectivity index (χ1n) is 5.50. The molecule has 0 amide bonds. The van der Waals surface area contributed by atoms with Crippen molar-refractivity contribution in [1.29, 1.82) is 0 Å². The fourth-order valence-electron chi connectivity index (χ4n) is 0.992. The van der Waals surface area contributed by atoms with E-state index in [1.807, 2.05) is 13.8 Å². The Morgan fingerprint density at radius 3 is 2.14 bits per heavy atom. The number of quaternary nitrogens is 1. The van der Waals surface area contributed by atoms with Crippen LogP contribution in [0.1, 0.15) is 34.6 Å². The number of hydrogen-bond donors (Lipinski definition) is 2. The molecule has 0 aliphatic carbocycles. The number of aliphatic hydroxyl groups is 1. The van der Waals surface area contributed by atoms with E-state index in [0.29, 0.717) is 0 Å². The lowest BCUT2D eigenvalue weighted by molar-refractivity contribution is -0.889. The molecule has 0 unspecified atom stereocenters. The van der Waals surface area contributed by atoms with Crippen LogP contribution in [0.4, 0.5) is 0 Å². The van der Waals surface area contributed by atoms with Gasteiger partial charge in [-0.1, -0.05) is 19.8 Å². The number of rotatable bonds is 4. The van der Waals surface area contributed by atoms with Gasteiger partial charge in [-0.15, -0.1) is 0 Å². The van der Waals surface area contributed by atoms with Gasteiger partial charge in [-0.05, 0) is 32.6 Å². The van der Waals surface area contributed by atoms with Gasteiger partial charge in [0, 0.05) is 0 Å². The van der Waals surface area contributed by atoms with Crippen LogP contribution in [0.3, 0.4) is 0 Å². The Morgan fingerprint density at radius 2 is 1.79 bits per heavy atom. The summed E-state index contributed by atoms with van der Waals surface area (Å²) in [6.45, 7) is 13.1. The molecule has 0 saturated heterocycles. The molecular weight excluding hydrogens is 174 g/mol. The Balaban J connectivity index is 4.16. The van der Waals surface area contributed by atoms with Gasteiger partial charge >= 0.3 is 0 Å². The zero-order valence-corrected chi connectivity index (χ0v) is 10.1. The maximum Gasteiger partial charge on any atom is 0.139 e. The monoisotopic (exact) mass is 198 g/mol. The van der Waals surface area contributed by atoms with Crippen molar-refractivity contribution in [3.05, 3.63) is 0 Å². The summed E-state index contributed by atoms with van der Waals surface area (Å²) in [5.74, 6) is 6.20. The molecule has 14 heavy (non-hydrogen) atoms. The quantitative estimate of drug-likeness (QED) is 0.625. The lowest BCUT2D eigenvalue weighted by Crippen LogP contribution is -3.11. The predicted molar refractivity (Wildman–Crippen MR) is 60.1 cm³/mol.